The van der Waals surface area contributed by atoms with E-state index in [4.69, 9.17) is 0 Å². The third-order valence-corrected chi connectivity index (χ3v) is 0.820. The summed E-state index contributed by atoms with van der Waals surface area (Å²) in [6.45, 7) is 8.24. The molecule has 0 aromatic heterocycles. The molecule has 0 fully saturated rings. The van der Waals surface area contributed by atoms with Crippen molar-refractivity contribution in [2.24, 2.45) is 0 Å². The second-order valence-corrected chi connectivity index (χ2v) is 1.37. The van der Waals surface area contributed by atoms with Crippen LogP contribution in [0.25, 0.3) is 0 Å². The first kappa shape index (κ1) is 6.93. The molecule has 0 spiro atoms. The van der Waals surface area contributed by atoms with Gasteiger partial charge in [0, 0.05) is 5.57 Å². The van der Waals surface area contributed by atoms with Crippen molar-refractivity contribution in [1.29, 1.82) is 0 Å². The zero-order valence-electron chi connectivity index (χ0n) is 4.90. The van der Waals surface area contributed by atoms with Crippen LogP contribution in [0.1, 0.15) is 6.92 Å². The van der Waals surface area contributed by atoms with E-state index < -0.39 is 0 Å². The smallest absolute Gasteiger partial charge is 0.188 e. The highest BCUT2D eigenvalue weighted by Crippen LogP contribution is 1.89. The van der Waals surface area contributed by atoms with E-state index in [-0.39, 0.29) is 5.78 Å². The fourth-order valence-electron chi connectivity index (χ4n) is 0.240. The molecule has 0 aliphatic rings. The maximum absolute atomic E-state index is 10.5. The number of carbonyl (C=O) groups is 1. The van der Waals surface area contributed by atoms with Gasteiger partial charge in [-0.1, -0.05) is 13.2 Å². The topological polar surface area (TPSA) is 17.1 Å². The molecular formula is C7H8O. The van der Waals surface area contributed by atoms with Gasteiger partial charge >= 0.3 is 0 Å². The molecule has 0 unspecified atom stereocenters. The summed E-state index contributed by atoms with van der Waals surface area (Å²) < 4.78 is 0. The van der Waals surface area contributed by atoms with Crippen molar-refractivity contribution >= 4 is 5.78 Å². The lowest BCUT2D eigenvalue weighted by atomic mass is 10.2. The molecule has 1 nitrogen and oxygen atoms in total. The van der Waals surface area contributed by atoms with Gasteiger partial charge in [0.2, 0.25) is 0 Å². The van der Waals surface area contributed by atoms with Crippen LogP contribution in [0.5, 0.6) is 0 Å². The third-order valence-electron chi connectivity index (χ3n) is 0.820. The van der Waals surface area contributed by atoms with E-state index in [1.165, 1.54) is 6.08 Å². The summed E-state index contributed by atoms with van der Waals surface area (Å²) in [6.07, 6.45) is 1.24. The van der Waals surface area contributed by atoms with Gasteiger partial charge in [0.1, 0.15) is 0 Å². The monoisotopic (exact) mass is 108 g/mol. The van der Waals surface area contributed by atoms with Crippen LogP contribution in [-0.2, 0) is 4.79 Å². The summed E-state index contributed by atoms with van der Waals surface area (Å²) >= 11 is 0. The Kier molecular flexibility index (Phi) is 2.60. The van der Waals surface area contributed by atoms with Crippen molar-refractivity contribution in [3.8, 4) is 0 Å². The standard InChI is InChI=1S/C7H8O/c1-4-6(3)7(8)5-2/h5H,1-2H2,3H3. The molecule has 0 amide bonds. The maximum atomic E-state index is 10.5. The lowest BCUT2D eigenvalue weighted by Gasteiger charge is -1.83. The van der Waals surface area contributed by atoms with Crippen molar-refractivity contribution in [1.82, 2.24) is 0 Å². The van der Waals surface area contributed by atoms with Gasteiger partial charge < -0.3 is 0 Å². The predicted molar refractivity (Wildman–Crippen MR) is 33.5 cm³/mol. The molecule has 0 aliphatic heterocycles. The molecule has 0 atom stereocenters. The largest absolute Gasteiger partial charge is 0.289 e. The fourth-order valence-corrected chi connectivity index (χ4v) is 0.240. The number of ketones is 1. The van der Waals surface area contributed by atoms with Crippen LogP contribution in [0.4, 0.5) is 0 Å². The molecule has 0 bridgehead atoms. The van der Waals surface area contributed by atoms with E-state index in [9.17, 15) is 4.79 Å². The lowest BCUT2D eigenvalue weighted by Crippen LogP contribution is -1.90. The van der Waals surface area contributed by atoms with Gasteiger partial charge in [0.05, 0.1) is 0 Å². The molecule has 0 saturated carbocycles. The van der Waals surface area contributed by atoms with Crippen molar-refractivity contribution in [2.75, 3.05) is 0 Å². The average molecular weight is 108 g/mol. The van der Waals surface area contributed by atoms with Crippen LogP contribution in [0.15, 0.2) is 30.5 Å². The number of carbonyl (C=O) groups excluding carboxylic acids is 1. The Morgan fingerprint density at radius 1 is 1.75 bits per heavy atom. The molecule has 0 heterocycles. The van der Waals surface area contributed by atoms with Crippen LogP contribution < -0.4 is 0 Å². The van der Waals surface area contributed by atoms with E-state index in [0.717, 1.165) is 0 Å². The van der Waals surface area contributed by atoms with E-state index in [0.29, 0.717) is 5.57 Å². The molecule has 8 heavy (non-hydrogen) atoms. The van der Waals surface area contributed by atoms with Crippen LogP contribution in [0.2, 0.25) is 0 Å². The average Bonchev–Trinajstić information content (AvgIpc) is 1.84. The first-order valence-corrected chi connectivity index (χ1v) is 2.25. The minimum absolute atomic E-state index is 0.111. The highest BCUT2D eigenvalue weighted by molar-refractivity contribution is 6.02. The minimum atomic E-state index is -0.111. The number of hydrogen-bond acceptors (Lipinski definition) is 1. The SMILES string of the molecule is C=C=C(C)C(=O)C=C. The third kappa shape index (κ3) is 1.59. The van der Waals surface area contributed by atoms with Gasteiger partial charge in [-0.2, -0.15) is 0 Å². The zero-order valence-corrected chi connectivity index (χ0v) is 4.90. The highest BCUT2D eigenvalue weighted by Gasteiger charge is 1.92. The van der Waals surface area contributed by atoms with Crippen LogP contribution in [-0.4, -0.2) is 5.78 Å². The Morgan fingerprint density at radius 3 is 2.38 bits per heavy atom. The van der Waals surface area contributed by atoms with E-state index in [1.807, 2.05) is 0 Å². The van der Waals surface area contributed by atoms with Crippen molar-refractivity contribution in [2.45, 2.75) is 6.92 Å². The Balaban J connectivity index is 4.25. The second kappa shape index (κ2) is 3.00. The fraction of sp³-hybridized carbons (Fsp3) is 0.143. The molecule has 0 aromatic carbocycles. The van der Waals surface area contributed by atoms with E-state index in [2.05, 4.69) is 18.9 Å². The van der Waals surface area contributed by atoms with E-state index >= 15 is 0 Å². The van der Waals surface area contributed by atoms with Crippen molar-refractivity contribution in [3.05, 3.63) is 30.5 Å². The summed E-state index contributed by atoms with van der Waals surface area (Å²) in [7, 11) is 0. The first-order chi connectivity index (χ1) is 3.72. The quantitative estimate of drug-likeness (QED) is 0.386. The Hall–Kier alpha value is -1.07. The highest BCUT2D eigenvalue weighted by atomic mass is 16.1. The van der Waals surface area contributed by atoms with Crippen LogP contribution in [0, 0.1) is 0 Å². The number of rotatable bonds is 2. The molecule has 0 saturated heterocycles. The van der Waals surface area contributed by atoms with Gasteiger partial charge in [0.15, 0.2) is 5.78 Å². The molecule has 1 heteroatoms. The van der Waals surface area contributed by atoms with Gasteiger partial charge in [-0.05, 0) is 13.0 Å². The first-order valence-electron chi connectivity index (χ1n) is 2.25. The molecular weight excluding hydrogens is 100 g/mol. The summed E-state index contributed by atoms with van der Waals surface area (Å²) in [6, 6.07) is 0. The molecule has 0 rings (SSSR count). The number of allylic oxidation sites excluding steroid dienone is 2. The molecule has 0 aromatic rings. The van der Waals surface area contributed by atoms with Gasteiger partial charge in [-0.15, -0.1) is 5.73 Å². The van der Waals surface area contributed by atoms with Gasteiger partial charge in [0.25, 0.3) is 0 Å². The second-order valence-electron chi connectivity index (χ2n) is 1.37. The molecule has 0 N–H and O–H groups in total. The molecule has 42 valence electrons. The lowest BCUT2D eigenvalue weighted by molar-refractivity contribution is -0.111. The molecule has 0 aliphatic carbocycles. The van der Waals surface area contributed by atoms with E-state index in [1.54, 1.807) is 6.92 Å². The summed E-state index contributed by atoms with van der Waals surface area (Å²) in [5, 5.41) is 0. The molecule has 0 radical (unpaired) electrons. The maximum Gasteiger partial charge on any atom is 0.188 e. The van der Waals surface area contributed by atoms with Gasteiger partial charge in [-0.25, -0.2) is 0 Å². The van der Waals surface area contributed by atoms with Crippen molar-refractivity contribution < 1.29 is 4.79 Å². The minimum Gasteiger partial charge on any atom is -0.289 e. The van der Waals surface area contributed by atoms with Crippen molar-refractivity contribution in [3.63, 3.8) is 0 Å². The summed E-state index contributed by atoms with van der Waals surface area (Å²) in [5.74, 6) is -0.111. The summed E-state index contributed by atoms with van der Waals surface area (Å²) in [5.41, 5.74) is 2.98. The zero-order chi connectivity index (χ0) is 6.57. The van der Waals surface area contributed by atoms with Crippen LogP contribution >= 0.6 is 0 Å². The van der Waals surface area contributed by atoms with Gasteiger partial charge in [-0.3, -0.25) is 4.79 Å². The number of hydrogen-bond donors (Lipinski definition) is 0. The normalized spacial score (nSPS) is 7.12. The Bertz CT molecular complexity index is 159. The predicted octanol–water partition coefficient (Wildman–Crippen LogP) is 1.47. The summed E-state index contributed by atoms with van der Waals surface area (Å²) in [4.78, 5) is 10.5. The Labute approximate surface area is 49.0 Å². The van der Waals surface area contributed by atoms with Crippen LogP contribution in [0.3, 0.4) is 0 Å². The Morgan fingerprint density at radius 2 is 2.25 bits per heavy atom.